The van der Waals surface area contributed by atoms with Crippen LogP contribution in [-0.2, 0) is 6.54 Å². The first-order valence-electron chi connectivity index (χ1n) is 7.25. The average Bonchev–Trinajstić information content (AvgIpc) is 3.14. The Labute approximate surface area is 141 Å². The number of para-hydroxylation sites is 1. The molecule has 6 nitrogen and oxygen atoms in total. The first-order valence-corrected chi connectivity index (χ1v) is 7.63. The Kier molecular flexibility index (Phi) is 3.50. The summed E-state index contributed by atoms with van der Waals surface area (Å²) in [5.41, 5.74) is 2.75. The second-order valence-electron chi connectivity index (χ2n) is 5.41. The van der Waals surface area contributed by atoms with Gasteiger partial charge in [0.05, 0.1) is 18.1 Å². The Balaban J connectivity index is 1.70. The molecule has 0 atom stereocenters. The van der Waals surface area contributed by atoms with Gasteiger partial charge in [0, 0.05) is 6.20 Å². The lowest BCUT2D eigenvalue weighted by Crippen LogP contribution is -2.00. The van der Waals surface area contributed by atoms with E-state index in [0.29, 0.717) is 23.1 Å². The first kappa shape index (κ1) is 14.8. The SMILES string of the molecule is Cc1cn(Cc2cn(-c3ccccc3F)nn2)c2ncnc(Cl)c12. The fourth-order valence-electron chi connectivity index (χ4n) is 2.69. The van der Waals surface area contributed by atoms with Crippen LogP contribution in [0.4, 0.5) is 4.39 Å². The quantitative estimate of drug-likeness (QED) is 0.536. The van der Waals surface area contributed by atoms with E-state index in [1.54, 1.807) is 24.4 Å². The molecule has 0 fully saturated rings. The van der Waals surface area contributed by atoms with Crippen LogP contribution in [0, 0.1) is 12.7 Å². The van der Waals surface area contributed by atoms with Crippen molar-refractivity contribution in [1.82, 2.24) is 29.5 Å². The van der Waals surface area contributed by atoms with Crippen LogP contribution in [0.3, 0.4) is 0 Å². The minimum absolute atomic E-state index is 0.351. The second-order valence-corrected chi connectivity index (χ2v) is 5.77. The normalized spacial score (nSPS) is 11.3. The topological polar surface area (TPSA) is 61.4 Å². The molecule has 0 amide bonds. The molecule has 0 radical (unpaired) electrons. The van der Waals surface area contributed by atoms with Gasteiger partial charge in [-0.2, -0.15) is 0 Å². The third kappa shape index (κ3) is 2.43. The molecule has 120 valence electrons. The lowest BCUT2D eigenvalue weighted by molar-refractivity contribution is 0.607. The van der Waals surface area contributed by atoms with Crippen LogP contribution in [-0.4, -0.2) is 29.5 Å². The zero-order valence-electron chi connectivity index (χ0n) is 12.7. The number of aromatic nitrogens is 6. The minimum Gasteiger partial charge on any atom is -0.326 e. The molecule has 24 heavy (non-hydrogen) atoms. The van der Waals surface area contributed by atoms with E-state index in [1.165, 1.54) is 17.1 Å². The molecular weight excluding hydrogens is 331 g/mol. The van der Waals surface area contributed by atoms with E-state index in [4.69, 9.17) is 11.6 Å². The summed E-state index contributed by atoms with van der Waals surface area (Å²) in [5.74, 6) is -0.351. The zero-order valence-corrected chi connectivity index (χ0v) is 13.4. The second kappa shape index (κ2) is 5.68. The Bertz CT molecular complexity index is 1040. The van der Waals surface area contributed by atoms with Gasteiger partial charge in [0.1, 0.15) is 34.3 Å². The van der Waals surface area contributed by atoms with Gasteiger partial charge in [-0.3, -0.25) is 0 Å². The third-order valence-corrected chi connectivity index (χ3v) is 4.06. The van der Waals surface area contributed by atoms with Crippen LogP contribution in [0.25, 0.3) is 16.7 Å². The number of benzene rings is 1. The van der Waals surface area contributed by atoms with Gasteiger partial charge < -0.3 is 4.57 Å². The fraction of sp³-hybridized carbons (Fsp3) is 0.125. The zero-order chi connectivity index (χ0) is 16.7. The third-order valence-electron chi connectivity index (χ3n) is 3.77. The van der Waals surface area contributed by atoms with Crippen molar-refractivity contribution in [2.24, 2.45) is 0 Å². The van der Waals surface area contributed by atoms with Gasteiger partial charge in [-0.05, 0) is 24.6 Å². The molecule has 0 unspecified atom stereocenters. The van der Waals surface area contributed by atoms with Crippen LogP contribution < -0.4 is 0 Å². The van der Waals surface area contributed by atoms with E-state index in [1.807, 2.05) is 17.7 Å². The molecule has 3 aromatic heterocycles. The lowest BCUT2D eigenvalue weighted by atomic mass is 10.3. The highest BCUT2D eigenvalue weighted by atomic mass is 35.5. The maximum atomic E-state index is 13.8. The summed E-state index contributed by atoms with van der Waals surface area (Å²) >= 11 is 6.14. The summed E-state index contributed by atoms with van der Waals surface area (Å²) in [6, 6.07) is 6.42. The molecule has 0 aliphatic carbocycles. The summed E-state index contributed by atoms with van der Waals surface area (Å²) in [5, 5.41) is 9.36. The van der Waals surface area contributed by atoms with E-state index in [-0.39, 0.29) is 5.82 Å². The number of hydrogen-bond donors (Lipinski definition) is 0. The minimum atomic E-state index is -0.351. The smallest absolute Gasteiger partial charge is 0.148 e. The van der Waals surface area contributed by atoms with Crippen molar-refractivity contribution >= 4 is 22.6 Å². The number of halogens is 2. The molecule has 1 aromatic carbocycles. The summed E-state index contributed by atoms with van der Waals surface area (Å²) in [6.45, 7) is 2.40. The average molecular weight is 343 g/mol. The molecule has 0 saturated carbocycles. The van der Waals surface area contributed by atoms with Gasteiger partial charge in [0.25, 0.3) is 0 Å². The predicted octanol–water partition coefficient (Wildman–Crippen LogP) is 3.16. The van der Waals surface area contributed by atoms with Crippen LogP contribution in [0.1, 0.15) is 11.3 Å². The monoisotopic (exact) mass is 342 g/mol. The molecule has 3 heterocycles. The Morgan fingerprint density at radius 1 is 1.17 bits per heavy atom. The highest BCUT2D eigenvalue weighted by Gasteiger charge is 2.13. The van der Waals surface area contributed by atoms with Gasteiger partial charge in [0.15, 0.2) is 0 Å². The van der Waals surface area contributed by atoms with Gasteiger partial charge in [-0.25, -0.2) is 19.0 Å². The lowest BCUT2D eigenvalue weighted by Gasteiger charge is -2.02. The molecule has 0 aliphatic rings. The molecule has 8 heteroatoms. The van der Waals surface area contributed by atoms with Crippen molar-refractivity contribution in [3.63, 3.8) is 0 Å². The molecular formula is C16H12ClFN6. The molecule has 0 aliphatic heterocycles. The first-order chi connectivity index (χ1) is 11.6. The summed E-state index contributed by atoms with van der Waals surface area (Å²) in [6.07, 6.45) is 5.06. The van der Waals surface area contributed by atoms with Crippen molar-refractivity contribution < 1.29 is 4.39 Å². The molecule has 0 bridgehead atoms. The maximum absolute atomic E-state index is 13.8. The summed E-state index contributed by atoms with van der Waals surface area (Å²) < 4.78 is 17.2. The van der Waals surface area contributed by atoms with Crippen molar-refractivity contribution in [3.8, 4) is 5.69 Å². The van der Waals surface area contributed by atoms with E-state index in [2.05, 4.69) is 20.3 Å². The highest BCUT2D eigenvalue weighted by Crippen LogP contribution is 2.25. The van der Waals surface area contributed by atoms with Gasteiger partial charge in [-0.15, -0.1) is 5.10 Å². The van der Waals surface area contributed by atoms with Crippen LogP contribution >= 0.6 is 11.6 Å². The maximum Gasteiger partial charge on any atom is 0.148 e. The van der Waals surface area contributed by atoms with Crippen molar-refractivity contribution in [3.05, 3.63) is 65.2 Å². The van der Waals surface area contributed by atoms with Gasteiger partial charge >= 0.3 is 0 Å². The van der Waals surface area contributed by atoms with Crippen LogP contribution in [0.2, 0.25) is 5.15 Å². The summed E-state index contributed by atoms with van der Waals surface area (Å²) in [7, 11) is 0. The van der Waals surface area contributed by atoms with Gasteiger partial charge in [-0.1, -0.05) is 28.9 Å². The van der Waals surface area contributed by atoms with Crippen LogP contribution in [0.15, 0.2) is 43.0 Å². The number of aryl methyl sites for hydroxylation is 1. The molecule has 0 N–H and O–H groups in total. The number of nitrogens with zero attached hydrogens (tertiary/aromatic N) is 6. The van der Waals surface area contributed by atoms with E-state index in [0.717, 1.165) is 16.6 Å². The van der Waals surface area contributed by atoms with E-state index >= 15 is 0 Å². The number of hydrogen-bond acceptors (Lipinski definition) is 4. The standard InChI is InChI=1S/C16H12ClFN6/c1-10-6-23(16-14(10)15(17)19-9-20-16)7-11-8-24(22-21-11)13-5-3-2-4-12(13)18/h2-6,8-9H,7H2,1H3. The molecule has 4 rings (SSSR count). The highest BCUT2D eigenvalue weighted by molar-refractivity contribution is 6.34. The Morgan fingerprint density at radius 2 is 2.00 bits per heavy atom. The fourth-order valence-corrected chi connectivity index (χ4v) is 2.97. The summed E-state index contributed by atoms with van der Waals surface area (Å²) in [4.78, 5) is 8.30. The molecule has 0 saturated heterocycles. The van der Waals surface area contributed by atoms with E-state index in [9.17, 15) is 4.39 Å². The predicted molar refractivity (Wildman–Crippen MR) is 87.7 cm³/mol. The van der Waals surface area contributed by atoms with Crippen molar-refractivity contribution in [1.29, 1.82) is 0 Å². The molecule has 0 spiro atoms. The number of rotatable bonds is 3. The van der Waals surface area contributed by atoms with Crippen LogP contribution in [0.5, 0.6) is 0 Å². The number of fused-ring (bicyclic) bond motifs is 1. The van der Waals surface area contributed by atoms with Gasteiger partial charge in [0.2, 0.25) is 0 Å². The Hall–Kier alpha value is -2.80. The van der Waals surface area contributed by atoms with E-state index < -0.39 is 0 Å². The largest absolute Gasteiger partial charge is 0.326 e. The molecule has 4 aromatic rings. The Morgan fingerprint density at radius 3 is 2.83 bits per heavy atom. The van der Waals surface area contributed by atoms with Crippen molar-refractivity contribution in [2.75, 3.05) is 0 Å². The van der Waals surface area contributed by atoms with Crippen molar-refractivity contribution in [2.45, 2.75) is 13.5 Å².